The second-order valence-electron chi connectivity index (χ2n) is 7.85. The zero-order valence-corrected chi connectivity index (χ0v) is 16.7. The molecule has 0 bridgehead atoms. The summed E-state index contributed by atoms with van der Waals surface area (Å²) < 4.78 is 0. The third-order valence-corrected chi connectivity index (χ3v) is 7.15. The number of carbonyl (C=O) groups is 1. The first kappa shape index (κ1) is 18.5. The minimum Gasteiger partial charge on any atom is -0.477 e. The molecule has 1 aromatic carbocycles. The van der Waals surface area contributed by atoms with E-state index in [1.54, 1.807) is 0 Å². The molecule has 4 rings (SSSR count). The quantitative estimate of drug-likeness (QED) is 0.729. The first-order valence-electron chi connectivity index (χ1n) is 9.97. The Morgan fingerprint density at radius 1 is 1.15 bits per heavy atom. The molecule has 1 saturated carbocycles. The molecule has 1 N–H and O–H groups in total. The molecule has 2 heterocycles. The van der Waals surface area contributed by atoms with Crippen LogP contribution in [0.5, 0.6) is 0 Å². The molecule has 1 fully saturated rings. The van der Waals surface area contributed by atoms with Crippen molar-refractivity contribution in [2.75, 3.05) is 20.1 Å². The maximum absolute atomic E-state index is 12.0. The Hall–Kier alpha value is -1.91. The van der Waals surface area contributed by atoms with Crippen LogP contribution in [0.25, 0.3) is 16.0 Å². The van der Waals surface area contributed by atoms with Crippen molar-refractivity contribution in [3.8, 4) is 10.4 Å². The molecule has 3 nitrogen and oxygen atoms in total. The molecule has 0 amide bonds. The minimum atomic E-state index is -0.799. The second-order valence-corrected chi connectivity index (χ2v) is 8.90. The number of aromatic carboxylic acids is 1. The summed E-state index contributed by atoms with van der Waals surface area (Å²) >= 11 is 1.42. The van der Waals surface area contributed by atoms with Crippen molar-refractivity contribution in [3.63, 3.8) is 0 Å². The summed E-state index contributed by atoms with van der Waals surface area (Å²) in [5.74, 6) is -0.176. The number of rotatable bonds is 4. The molecule has 142 valence electrons. The van der Waals surface area contributed by atoms with Gasteiger partial charge in [-0.25, -0.2) is 4.79 Å². The maximum Gasteiger partial charge on any atom is 0.346 e. The molecule has 0 saturated heterocycles. The highest BCUT2D eigenvalue weighted by molar-refractivity contribution is 7.17. The van der Waals surface area contributed by atoms with Crippen molar-refractivity contribution >= 4 is 22.9 Å². The lowest BCUT2D eigenvalue weighted by Crippen LogP contribution is -2.31. The average molecular weight is 382 g/mol. The zero-order valence-electron chi connectivity index (χ0n) is 15.9. The number of carboxylic acids is 1. The van der Waals surface area contributed by atoms with Crippen LogP contribution in [0.3, 0.4) is 0 Å². The van der Waals surface area contributed by atoms with Crippen LogP contribution in [0.15, 0.2) is 42.0 Å². The van der Waals surface area contributed by atoms with Gasteiger partial charge in [0.05, 0.1) is 0 Å². The highest BCUT2D eigenvalue weighted by atomic mass is 32.1. The molecule has 1 aliphatic heterocycles. The topological polar surface area (TPSA) is 40.5 Å². The van der Waals surface area contributed by atoms with E-state index in [-0.39, 0.29) is 0 Å². The number of carboxylic acid groups (broad SMARTS) is 1. The summed E-state index contributed by atoms with van der Waals surface area (Å²) in [5, 5.41) is 9.88. The molecule has 0 unspecified atom stereocenters. The van der Waals surface area contributed by atoms with E-state index in [0.717, 1.165) is 35.5 Å². The van der Waals surface area contributed by atoms with E-state index < -0.39 is 5.97 Å². The Kier molecular flexibility index (Phi) is 5.46. The molecule has 1 aliphatic carbocycles. The van der Waals surface area contributed by atoms with Gasteiger partial charge >= 0.3 is 5.97 Å². The van der Waals surface area contributed by atoms with E-state index in [9.17, 15) is 9.90 Å². The highest BCUT2D eigenvalue weighted by Crippen LogP contribution is 2.42. The van der Waals surface area contributed by atoms with Gasteiger partial charge in [0.2, 0.25) is 0 Å². The fourth-order valence-electron chi connectivity index (χ4n) is 4.58. The van der Waals surface area contributed by atoms with E-state index in [0.29, 0.717) is 10.8 Å². The molecule has 27 heavy (non-hydrogen) atoms. The van der Waals surface area contributed by atoms with Gasteiger partial charge in [0, 0.05) is 23.5 Å². The predicted octanol–water partition coefficient (Wildman–Crippen LogP) is 5.78. The zero-order chi connectivity index (χ0) is 18.8. The predicted molar refractivity (Wildman–Crippen MR) is 112 cm³/mol. The Bertz CT molecular complexity index is 847. The van der Waals surface area contributed by atoms with Gasteiger partial charge in [-0.2, -0.15) is 0 Å². The molecule has 0 spiro atoms. The molecule has 1 aromatic heterocycles. The van der Waals surface area contributed by atoms with Crippen LogP contribution in [0.2, 0.25) is 0 Å². The van der Waals surface area contributed by atoms with Crippen molar-refractivity contribution in [1.82, 2.24) is 4.90 Å². The van der Waals surface area contributed by atoms with Crippen LogP contribution in [0, 0.1) is 5.92 Å². The summed E-state index contributed by atoms with van der Waals surface area (Å²) in [4.78, 5) is 16.0. The minimum absolute atomic E-state index is 0.502. The summed E-state index contributed by atoms with van der Waals surface area (Å²) in [5.41, 5.74) is 4.89. The SMILES string of the molecule is CN1CCC(c2cc(-c3ccccc3)sc2C(=O)O)=C(C2CCCCC2)C1. The van der Waals surface area contributed by atoms with Crippen LogP contribution in [0.4, 0.5) is 0 Å². The lowest BCUT2D eigenvalue weighted by atomic mass is 9.78. The molecule has 0 atom stereocenters. The lowest BCUT2D eigenvalue weighted by molar-refractivity contribution is 0.0702. The maximum atomic E-state index is 12.0. The Labute approximate surface area is 165 Å². The van der Waals surface area contributed by atoms with Crippen LogP contribution < -0.4 is 0 Å². The molecule has 4 heteroatoms. The number of hydrogen-bond donors (Lipinski definition) is 1. The third kappa shape index (κ3) is 3.87. The number of thiophene rings is 1. The first-order valence-corrected chi connectivity index (χ1v) is 10.8. The third-order valence-electron chi connectivity index (χ3n) is 5.98. The van der Waals surface area contributed by atoms with Gasteiger partial charge in [-0.15, -0.1) is 11.3 Å². The van der Waals surface area contributed by atoms with Crippen LogP contribution >= 0.6 is 11.3 Å². The Balaban J connectivity index is 1.81. The summed E-state index contributed by atoms with van der Waals surface area (Å²) in [6.45, 7) is 1.98. The highest BCUT2D eigenvalue weighted by Gasteiger charge is 2.29. The Morgan fingerprint density at radius 3 is 2.59 bits per heavy atom. The number of likely N-dealkylation sites (N-methyl/N-ethyl adjacent to an activating group) is 1. The van der Waals surface area contributed by atoms with Gasteiger partial charge in [-0.3, -0.25) is 0 Å². The molecular formula is C23H27NO2S. The van der Waals surface area contributed by atoms with Gasteiger partial charge in [0.25, 0.3) is 0 Å². The monoisotopic (exact) mass is 381 g/mol. The van der Waals surface area contributed by atoms with Crippen molar-refractivity contribution in [2.45, 2.75) is 38.5 Å². The van der Waals surface area contributed by atoms with E-state index in [1.165, 1.54) is 54.6 Å². The number of benzene rings is 1. The van der Waals surface area contributed by atoms with Crippen LogP contribution in [0.1, 0.15) is 53.8 Å². The number of hydrogen-bond acceptors (Lipinski definition) is 3. The largest absolute Gasteiger partial charge is 0.477 e. The van der Waals surface area contributed by atoms with Crippen molar-refractivity contribution in [2.24, 2.45) is 5.92 Å². The van der Waals surface area contributed by atoms with Gasteiger partial charge in [0.15, 0.2) is 0 Å². The van der Waals surface area contributed by atoms with Gasteiger partial charge in [0.1, 0.15) is 4.88 Å². The summed E-state index contributed by atoms with van der Waals surface area (Å²) in [6.07, 6.45) is 7.40. The molecular weight excluding hydrogens is 354 g/mol. The fourth-order valence-corrected chi connectivity index (χ4v) is 5.61. The van der Waals surface area contributed by atoms with E-state index in [1.807, 2.05) is 18.2 Å². The van der Waals surface area contributed by atoms with Gasteiger partial charge in [-0.1, -0.05) is 49.6 Å². The van der Waals surface area contributed by atoms with E-state index in [2.05, 4.69) is 30.1 Å². The normalized spacial score (nSPS) is 19.4. The van der Waals surface area contributed by atoms with E-state index >= 15 is 0 Å². The Morgan fingerprint density at radius 2 is 1.89 bits per heavy atom. The molecule has 2 aromatic rings. The van der Waals surface area contributed by atoms with Crippen molar-refractivity contribution in [3.05, 3.63) is 52.4 Å². The summed E-state index contributed by atoms with van der Waals surface area (Å²) in [6, 6.07) is 12.3. The summed E-state index contributed by atoms with van der Waals surface area (Å²) in [7, 11) is 2.18. The van der Waals surface area contributed by atoms with Crippen molar-refractivity contribution in [1.29, 1.82) is 0 Å². The lowest BCUT2D eigenvalue weighted by Gasteiger charge is -2.34. The van der Waals surface area contributed by atoms with Crippen molar-refractivity contribution < 1.29 is 9.90 Å². The van der Waals surface area contributed by atoms with Crippen LogP contribution in [-0.4, -0.2) is 36.1 Å². The number of nitrogens with zero attached hydrogens (tertiary/aromatic N) is 1. The van der Waals surface area contributed by atoms with Crippen LogP contribution in [-0.2, 0) is 0 Å². The molecule has 2 aliphatic rings. The first-order chi connectivity index (χ1) is 13.1. The second kappa shape index (κ2) is 7.99. The molecule has 0 radical (unpaired) electrons. The van der Waals surface area contributed by atoms with E-state index in [4.69, 9.17) is 0 Å². The van der Waals surface area contributed by atoms with Gasteiger partial charge < -0.3 is 10.0 Å². The standard InChI is InChI=1S/C23H27NO2S/c1-24-13-12-18(20(15-24)16-8-4-2-5-9-16)19-14-21(27-22(19)23(25)26)17-10-6-3-7-11-17/h3,6-7,10-11,14,16H,2,4-5,8-9,12-13,15H2,1H3,(H,25,26). The fraction of sp³-hybridized carbons (Fsp3) is 0.435. The smallest absolute Gasteiger partial charge is 0.346 e. The average Bonchev–Trinajstić information content (AvgIpc) is 3.15. The van der Waals surface area contributed by atoms with Gasteiger partial charge in [-0.05, 0) is 55.0 Å².